The van der Waals surface area contributed by atoms with E-state index in [0.29, 0.717) is 22.6 Å². The molecule has 3 rings (SSSR count). The Kier molecular flexibility index (Phi) is 3.95. The van der Waals surface area contributed by atoms with Gasteiger partial charge in [0.05, 0.1) is 18.6 Å². The van der Waals surface area contributed by atoms with Crippen LogP contribution in [0, 0.1) is 5.82 Å². The molecule has 0 bridgehead atoms. The van der Waals surface area contributed by atoms with E-state index in [1.165, 1.54) is 6.07 Å². The fraction of sp³-hybridized carbons (Fsp3) is 0.429. The Hall–Kier alpha value is -1.47. The smallest absolute Gasteiger partial charge is 0.230 e. The molecule has 2 aromatic rings. The van der Waals surface area contributed by atoms with Crippen molar-refractivity contribution in [3.8, 4) is 5.75 Å². The minimum atomic E-state index is -0.430. The highest BCUT2D eigenvalue weighted by atomic mass is 79.9. The molecule has 0 aliphatic heterocycles. The number of nitrogens with two attached hydrogens (primary N) is 1. The number of nitrogens with zero attached hydrogens (tertiary/aromatic N) is 2. The predicted octanol–water partition coefficient (Wildman–Crippen LogP) is 2.93. The van der Waals surface area contributed by atoms with Gasteiger partial charge in [-0.1, -0.05) is 21.1 Å². The van der Waals surface area contributed by atoms with Crippen LogP contribution in [-0.2, 0) is 12.0 Å². The molecular weight excluding hydrogens is 341 g/mol. The third-order valence-corrected chi connectivity index (χ3v) is 4.12. The van der Waals surface area contributed by atoms with Gasteiger partial charge in [-0.3, -0.25) is 0 Å². The summed E-state index contributed by atoms with van der Waals surface area (Å²) in [5.41, 5.74) is 5.69. The summed E-state index contributed by atoms with van der Waals surface area (Å²) in [5, 5.41) is 3.92. The van der Waals surface area contributed by atoms with Gasteiger partial charge in [0.1, 0.15) is 0 Å². The van der Waals surface area contributed by atoms with Crippen LogP contribution in [0.25, 0.3) is 0 Å². The van der Waals surface area contributed by atoms with E-state index in [1.807, 2.05) is 0 Å². The second kappa shape index (κ2) is 5.73. The number of rotatable bonds is 5. The molecule has 1 heterocycles. The van der Waals surface area contributed by atoms with Crippen molar-refractivity contribution in [1.82, 2.24) is 10.1 Å². The van der Waals surface area contributed by atoms with E-state index in [4.69, 9.17) is 15.0 Å². The molecule has 1 aliphatic carbocycles. The van der Waals surface area contributed by atoms with Crippen molar-refractivity contribution in [2.24, 2.45) is 5.73 Å². The average molecular weight is 356 g/mol. The number of benzene rings is 1. The van der Waals surface area contributed by atoms with E-state index in [0.717, 1.165) is 19.3 Å². The summed E-state index contributed by atoms with van der Waals surface area (Å²) in [7, 11) is 0. The van der Waals surface area contributed by atoms with Crippen LogP contribution in [0.3, 0.4) is 0 Å². The maximum Gasteiger partial charge on any atom is 0.230 e. The van der Waals surface area contributed by atoms with Crippen LogP contribution in [0.2, 0.25) is 0 Å². The lowest BCUT2D eigenvalue weighted by atomic mass is 9.77. The molecule has 7 heteroatoms. The van der Waals surface area contributed by atoms with E-state index in [2.05, 4.69) is 26.1 Å². The van der Waals surface area contributed by atoms with E-state index < -0.39 is 11.4 Å². The van der Waals surface area contributed by atoms with Crippen molar-refractivity contribution in [3.05, 3.63) is 40.2 Å². The molecular formula is C14H15BrFN3O2. The summed E-state index contributed by atoms with van der Waals surface area (Å²) in [6.45, 7) is 0.262. The third kappa shape index (κ3) is 3.08. The summed E-state index contributed by atoms with van der Waals surface area (Å²) in [5.74, 6) is 0.802. The molecule has 5 nitrogen and oxygen atoms in total. The van der Waals surface area contributed by atoms with E-state index >= 15 is 0 Å². The van der Waals surface area contributed by atoms with Crippen molar-refractivity contribution in [3.63, 3.8) is 0 Å². The second-order valence-electron chi connectivity index (χ2n) is 5.19. The van der Waals surface area contributed by atoms with Gasteiger partial charge in [0.25, 0.3) is 0 Å². The second-order valence-corrected chi connectivity index (χ2v) is 6.11. The first kappa shape index (κ1) is 14.5. The molecule has 0 spiro atoms. The largest absolute Gasteiger partial charge is 0.490 e. The highest BCUT2D eigenvalue weighted by Crippen LogP contribution is 2.36. The number of hydrogen-bond acceptors (Lipinski definition) is 5. The quantitative estimate of drug-likeness (QED) is 0.892. The molecule has 1 saturated carbocycles. The Morgan fingerprint density at radius 1 is 1.43 bits per heavy atom. The van der Waals surface area contributed by atoms with Gasteiger partial charge in [-0.05, 0) is 37.5 Å². The summed E-state index contributed by atoms with van der Waals surface area (Å²) in [6, 6.07) is 4.65. The zero-order chi connectivity index (χ0) is 14.9. The summed E-state index contributed by atoms with van der Waals surface area (Å²) < 4.78 is 24.8. The Morgan fingerprint density at radius 3 is 2.90 bits per heavy atom. The Labute approximate surface area is 129 Å². The fourth-order valence-corrected chi connectivity index (χ4v) is 2.51. The van der Waals surface area contributed by atoms with Gasteiger partial charge in [-0.15, -0.1) is 0 Å². The van der Waals surface area contributed by atoms with Gasteiger partial charge in [-0.2, -0.15) is 4.98 Å². The highest BCUT2D eigenvalue weighted by Gasteiger charge is 2.38. The lowest BCUT2D eigenvalue weighted by Crippen LogP contribution is -2.44. The fourth-order valence-electron chi connectivity index (χ4n) is 2.18. The van der Waals surface area contributed by atoms with E-state index in [9.17, 15) is 4.39 Å². The van der Waals surface area contributed by atoms with Crippen molar-refractivity contribution in [2.75, 3.05) is 6.61 Å². The van der Waals surface area contributed by atoms with Crippen LogP contribution in [-0.4, -0.2) is 16.7 Å². The van der Waals surface area contributed by atoms with Crippen molar-refractivity contribution >= 4 is 15.9 Å². The van der Waals surface area contributed by atoms with Crippen LogP contribution in [0.4, 0.5) is 4.39 Å². The van der Waals surface area contributed by atoms with Crippen molar-refractivity contribution in [2.45, 2.75) is 31.2 Å². The minimum absolute atomic E-state index is 0.201. The molecule has 1 aromatic carbocycles. The molecule has 1 aliphatic rings. The summed E-state index contributed by atoms with van der Waals surface area (Å²) in [4.78, 5) is 4.29. The van der Waals surface area contributed by atoms with Gasteiger partial charge in [0.15, 0.2) is 17.4 Å². The van der Waals surface area contributed by atoms with Crippen LogP contribution >= 0.6 is 15.9 Å². The predicted molar refractivity (Wildman–Crippen MR) is 77.3 cm³/mol. The van der Waals surface area contributed by atoms with Gasteiger partial charge in [0.2, 0.25) is 5.89 Å². The Bertz CT molecular complexity index is 643. The van der Waals surface area contributed by atoms with Gasteiger partial charge in [0, 0.05) is 4.47 Å². The van der Waals surface area contributed by atoms with Crippen LogP contribution in [0.1, 0.15) is 31.0 Å². The normalized spacial score (nSPS) is 16.5. The number of halogens is 2. The Balaban J connectivity index is 1.56. The topological polar surface area (TPSA) is 74.2 Å². The number of aromatic nitrogens is 2. The van der Waals surface area contributed by atoms with E-state index in [1.54, 1.807) is 12.1 Å². The lowest BCUT2D eigenvalue weighted by Gasteiger charge is -2.34. The first-order chi connectivity index (χ1) is 10.1. The zero-order valence-corrected chi connectivity index (χ0v) is 12.9. The number of ether oxygens (including phenoxy) is 1. The standard InChI is InChI=1S/C14H15BrFN3O2/c15-9-2-3-11(10(16)8-9)20-7-4-12-18-13(19-21-12)14(17)5-1-6-14/h2-3,8H,1,4-7,17H2. The van der Waals surface area contributed by atoms with Crippen molar-refractivity contribution < 1.29 is 13.7 Å². The van der Waals surface area contributed by atoms with Gasteiger partial charge >= 0.3 is 0 Å². The average Bonchev–Trinajstić information content (AvgIpc) is 2.88. The zero-order valence-electron chi connectivity index (χ0n) is 11.3. The first-order valence-corrected chi connectivity index (χ1v) is 7.56. The Morgan fingerprint density at radius 2 is 2.24 bits per heavy atom. The molecule has 0 saturated heterocycles. The summed E-state index contributed by atoms with van der Waals surface area (Å²) in [6.07, 6.45) is 3.27. The molecule has 1 fully saturated rings. The number of hydrogen-bond donors (Lipinski definition) is 1. The minimum Gasteiger partial charge on any atom is -0.490 e. The SMILES string of the molecule is NC1(c2noc(CCOc3ccc(Br)cc3F)n2)CCC1. The molecule has 0 unspecified atom stereocenters. The molecule has 0 amide bonds. The van der Waals surface area contributed by atoms with Crippen molar-refractivity contribution in [1.29, 1.82) is 0 Å². The third-order valence-electron chi connectivity index (χ3n) is 3.63. The first-order valence-electron chi connectivity index (χ1n) is 6.77. The summed E-state index contributed by atoms with van der Waals surface area (Å²) >= 11 is 3.19. The maximum absolute atomic E-state index is 13.6. The van der Waals surface area contributed by atoms with E-state index in [-0.39, 0.29) is 12.4 Å². The van der Waals surface area contributed by atoms with Gasteiger partial charge < -0.3 is 15.0 Å². The molecule has 112 valence electrons. The van der Waals surface area contributed by atoms with Gasteiger partial charge in [-0.25, -0.2) is 4.39 Å². The molecule has 0 atom stereocenters. The lowest BCUT2D eigenvalue weighted by molar-refractivity contribution is 0.228. The molecule has 1 aromatic heterocycles. The van der Waals surface area contributed by atoms with Crippen LogP contribution < -0.4 is 10.5 Å². The van der Waals surface area contributed by atoms with Crippen LogP contribution in [0.5, 0.6) is 5.75 Å². The monoisotopic (exact) mass is 355 g/mol. The molecule has 0 radical (unpaired) electrons. The molecule has 21 heavy (non-hydrogen) atoms. The van der Waals surface area contributed by atoms with Crippen LogP contribution in [0.15, 0.2) is 27.2 Å². The molecule has 2 N–H and O–H groups in total. The maximum atomic E-state index is 13.6. The highest BCUT2D eigenvalue weighted by molar-refractivity contribution is 9.10.